The van der Waals surface area contributed by atoms with Crippen molar-refractivity contribution in [2.75, 3.05) is 0 Å². The number of aromatic nitrogens is 4. The SMILES string of the molecule is Cc1ccc(C)c(-c2nnnn2C(C)(C)C(=O)O)c1. The van der Waals surface area contributed by atoms with Crippen LogP contribution in [-0.4, -0.2) is 31.3 Å². The van der Waals surface area contributed by atoms with Crippen molar-refractivity contribution in [2.45, 2.75) is 33.2 Å². The Morgan fingerprint density at radius 3 is 2.63 bits per heavy atom. The first-order valence-corrected chi connectivity index (χ1v) is 5.94. The van der Waals surface area contributed by atoms with Crippen molar-refractivity contribution >= 4 is 5.97 Å². The van der Waals surface area contributed by atoms with Gasteiger partial charge in [0.15, 0.2) is 11.4 Å². The van der Waals surface area contributed by atoms with Crippen LogP contribution in [0.4, 0.5) is 0 Å². The van der Waals surface area contributed by atoms with E-state index in [0.29, 0.717) is 5.82 Å². The average Bonchev–Trinajstić information content (AvgIpc) is 2.81. The summed E-state index contributed by atoms with van der Waals surface area (Å²) >= 11 is 0. The van der Waals surface area contributed by atoms with Gasteiger partial charge in [0.2, 0.25) is 0 Å². The van der Waals surface area contributed by atoms with Crippen molar-refractivity contribution in [3.8, 4) is 11.4 Å². The Hall–Kier alpha value is -2.24. The van der Waals surface area contributed by atoms with E-state index in [2.05, 4.69) is 15.5 Å². The predicted molar refractivity (Wildman–Crippen MR) is 69.7 cm³/mol. The van der Waals surface area contributed by atoms with Crippen molar-refractivity contribution in [3.63, 3.8) is 0 Å². The molecule has 0 atom stereocenters. The van der Waals surface area contributed by atoms with Crippen LogP contribution in [0.15, 0.2) is 18.2 Å². The number of hydrogen-bond donors (Lipinski definition) is 1. The molecule has 1 aromatic heterocycles. The number of aliphatic carboxylic acids is 1. The largest absolute Gasteiger partial charge is 0.479 e. The van der Waals surface area contributed by atoms with Crippen molar-refractivity contribution in [3.05, 3.63) is 29.3 Å². The van der Waals surface area contributed by atoms with Gasteiger partial charge >= 0.3 is 5.97 Å². The van der Waals surface area contributed by atoms with E-state index in [-0.39, 0.29) is 0 Å². The zero-order valence-corrected chi connectivity index (χ0v) is 11.4. The van der Waals surface area contributed by atoms with E-state index in [9.17, 15) is 9.90 Å². The van der Waals surface area contributed by atoms with Gasteiger partial charge in [-0.3, -0.25) is 0 Å². The number of carbonyl (C=O) groups is 1. The second-order valence-electron chi connectivity index (χ2n) is 5.10. The molecule has 0 bridgehead atoms. The molecule has 1 heterocycles. The average molecular weight is 260 g/mol. The smallest absolute Gasteiger partial charge is 0.331 e. The van der Waals surface area contributed by atoms with E-state index in [1.54, 1.807) is 13.8 Å². The van der Waals surface area contributed by atoms with Gasteiger partial charge in [0.25, 0.3) is 0 Å². The lowest BCUT2D eigenvalue weighted by Gasteiger charge is -2.21. The number of rotatable bonds is 3. The number of nitrogens with zero attached hydrogens (tertiary/aromatic N) is 4. The number of hydrogen-bond acceptors (Lipinski definition) is 4. The molecule has 6 nitrogen and oxygen atoms in total. The topological polar surface area (TPSA) is 80.9 Å². The molecule has 2 rings (SSSR count). The summed E-state index contributed by atoms with van der Waals surface area (Å²) in [4.78, 5) is 11.3. The summed E-state index contributed by atoms with van der Waals surface area (Å²) in [7, 11) is 0. The third kappa shape index (κ3) is 2.21. The molecule has 0 radical (unpaired) electrons. The van der Waals surface area contributed by atoms with Gasteiger partial charge in [-0.05, 0) is 49.8 Å². The molecule has 0 saturated carbocycles. The molecule has 2 aromatic rings. The minimum absolute atomic E-state index is 0.466. The zero-order valence-electron chi connectivity index (χ0n) is 11.4. The number of aryl methyl sites for hydroxylation is 2. The molecule has 0 saturated heterocycles. The van der Waals surface area contributed by atoms with Crippen LogP contribution in [0.2, 0.25) is 0 Å². The molecule has 6 heteroatoms. The van der Waals surface area contributed by atoms with Gasteiger partial charge in [-0.25, -0.2) is 9.48 Å². The fourth-order valence-electron chi connectivity index (χ4n) is 1.80. The van der Waals surface area contributed by atoms with Gasteiger partial charge in [-0.1, -0.05) is 17.7 Å². The Bertz CT molecular complexity index is 631. The Labute approximate surface area is 111 Å². The summed E-state index contributed by atoms with van der Waals surface area (Å²) < 4.78 is 1.34. The minimum Gasteiger partial charge on any atom is -0.479 e. The lowest BCUT2D eigenvalue weighted by Crippen LogP contribution is -2.37. The summed E-state index contributed by atoms with van der Waals surface area (Å²) in [6.07, 6.45) is 0. The van der Waals surface area contributed by atoms with Crippen LogP contribution in [0.5, 0.6) is 0 Å². The predicted octanol–water partition coefficient (Wildman–Crippen LogP) is 1.78. The first kappa shape index (κ1) is 13.2. The molecule has 0 aliphatic heterocycles. The fraction of sp³-hybridized carbons (Fsp3) is 0.385. The van der Waals surface area contributed by atoms with Crippen molar-refractivity contribution < 1.29 is 9.90 Å². The highest BCUT2D eigenvalue weighted by Gasteiger charge is 2.34. The molecule has 0 unspecified atom stereocenters. The molecule has 1 aromatic carbocycles. The van der Waals surface area contributed by atoms with Crippen LogP contribution in [0, 0.1) is 13.8 Å². The maximum Gasteiger partial charge on any atom is 0.331 e. The highest BCUT2D eigenvalue weighted by atomic mass is 16.4. The molecular weight excluding hydrogens is 244 g/mol. The van der Waals surface area contributed by atoms with Gasteiger partial charge in [-0.2, -0.15) is 0 Å². The van der Waals surface area contributed by atoms with Crippen LogP contribution in [0.1, 0.15) is 25.0 Å². The van der Waals surface area contributed by atoms with Crippen molar-refractivity contribution in [1.29, 1.82) is 0 Å². The number of tetrazole rings is 1. The maximum atomic E-state index is 11.3. The molecule has 0 amide bonds. The highest BCUT2D eigenvalue weighted by Crippen LogP contribution is 2.26. The Kier molecular flexibility index (Phi) is 3.09. The quantitative estimate of drug-likeness (QED) is 0.909. The second kappa shape index (κ2) is 4.46. The summed E-state index contributed by atoms with van der Waals surface area (Å²) in [5.41, 5.74) is 1.72. The van der Waals surface area contributed by atoms with E-state index in [0.717, 1.165) is 16.7 Å². The summed E-state index contributed by atoms with van der Waals surface area (Å²) in [6, 6.07) is 5.92. The molecule has 1 N–H and O–H groups in total. The standard InChI is InChI=1S/C13H16N4O2/c1-8-5-6-9(2)10(7-8)11-14-15-16-17(11)13(3,4)12(18)19/h5-7H,1-4H3,(H,18,19). The monoisotopic (exact) mass is 260 g/mol. The number of carboxylic acids is 1. The lowest BCUT2D eigenvalue weighted by atomic mass is 10.0. The third-order valence-corrected chi connectivity index (χ3v) is 3.16. The van der Waals surface area contributed by atoms with E-state index in [1.807, 2.05) is 32.0 Å². The van der Waals surface area contributed by atoms with E-state index in [4.69, 9.17) is 0 Å². The Balaban J connectivity index is 2.63. The zero-order chi connectivity index (χ0) is 14.2. The Morgan fingerprint density at radius 2 is 2.00 bits per heavy atom. The van der Waals surface area contributed by atoms with Crippen LogP contribution in [0.25, 0.3) is 11.4 Å². The van der Waals surface area contributed by atoms with Gasteiger partial charge < -0.3 is 5.11 Å². The van der Waals surface area contributed by atoms with E-state index < -0.39 is 11.5 Å². The molecule has 0 spiro atoms. The molecule has 19 heavy (non-hydrogen) atoms. The maximum absolute atomic E-state index is 11.3. The molecule has 0 aliphatic rings. The lowest BCUT2D eigenvalue weighted by molar-refractivity contribution is -0.146. The molecule has 0 fully saturated rings. The fourth-order valence-corrected chi connectivity index (χ4v) is 1.80. The summed E-state index contributed by atoms with van der Waals surface area (Å²) in [6.45, 7) is 7.06. The summed E-state index contributed by atoms with van der Waals surface area (Å²) in [5.74, 6) is -0.514. The number of benzene rings is 1. The molecule has 100 valence electrons. The Morgan fingerprint density at radius 1 is 1.32 bits per heavy atom. The van der Waals surface area contributed by atoms with Crippen molar-refractivity contribution in [2.24, 2.45) is 0 Å². The highest BCUT2D eigenvalue weighted by molar-refractivity contribution is 5.76. The first-order chi connectivity index (χ1) is 8.84. The van der Waals surface area contributed by atoms with Gasteiger partial charge in [0.05, 0.1) is 0 Å². The van der Waals surface area contributed by atoms with Gasteiger partial charge in [0, 0.05) is 5.56 Å². The van der Waals surface area contributed by atoms with Crippen LogP contribution >= 0.6 is 0 Å². The van der Waals surface area contributed by atoms with Gasteiger partial charge in [-0.15, -0.1) is 5.10 Å². The van der Waals surface area contributed by atoms with Crippen molar-refractivity contribution in [1.82, 2.24) is 20.2 Å². The second-order valence-corrected chi connectivity index (χ2v) is 5.10. The number of carboxylic acid groups (broad SMARTS) is 1. The molecular formula is C13H16N4O2. The van der Waals surface area contributed by atoms with Crippen LogP contribution in [0.3, 0.4) is 0 Å². The van der Waals surface area contributed by atoms with E-state index >= 15 is 0 Å². The van der Waals surface area contributed by atoms with Gasteiger partial charge in [0.1, 0.15) is 0 Å². The first-order valence-electron chi connectivity index (χ1n) is 5.94. The van der Waals surface area contributed by atoms with Crippen LogP contribution in [-0.2, 0) is 10.3 Å². The molecule has 0 aliphatic carbocycles. The van der Waals surface area contributed by atoms with Crippen LogP contribution < -0.4 is 0 Å². The summed E-state index contributed by atoms with van der Waals surface area (Å²) in [5, 5.41) is 20.7. The van der Waals surface area contributed by atoms with E-state index in [1.165, 1.54) is 4.68 Å². The normalized spacial score (nSPS) is 11.6. The minimum atomic E-state index is -1.20. The third-order valence-electron chi connectivity index (χ3n) is 3.16.